The molecule has 3 saturated heterocycles. The number of aliphatic hydroxyl groups excluding tert-OH is 3. The van der Waals surface area contributed by atoms with Crippen LogP contribution in [-0.4, -0.2) is 93.2 Å². The monoisotopic (exact) mass is 1000 g/mol. The Labute approximate surface area is 438 Å². The number of rotatable bonds is 7. The molecule has 4 aliphatic carbocycles. The Morgan fingerprint density at radius 2 is 0.786 bits per heavy atom. The highest BCUT2D eigenvalue weighted by Crippen LogP contribution is 2.43. The van der Waals surface area contributed by atoms with Gasteiger partial charge in [0, 0.05) is 5.92 Å². The summed E-state index contributed by atoms with van der Waals surface area (Å²) < 4.78 is 16.6. The minimum Gasteiger partial charge on any atom is -0.393 e. The normalized spacial score (nSPS) is 33.0. The third kappa shape index (κ3) is 26.9. The largest absolute Gasteiger partial charge is 0.393 e. The summed E-state index contributed by atoms with van der Waals surface area (Å²) in [5.41, 5.74) is -0.921. The van der Waals surface area contributed by atoms with Crippen molar-refractivity contribution in [2.24, 2.45) is 76.9 Å². The standard InChI is InChI=1S/2C12H24O.C10H18O2.C9H16O3.C9H18O.5C2H6/c1-9(2)10-5-7-11(8-6-10)12(3,4)13;1-9(2)10-6-5-7-11(8-10)12(3,4)13;1-6(2)8-5-12-10-7(8)3-4-9(10)11;1-5(2)6-3-11-9-7(10)4-12-8(6)9;1-7(2)8-4-3-5-9(10)6-8;5*1-2/h2*9-11,13H,5-8H2,1-4H3;6-11H,3-5H2,1-2H3;5-10H,3-4H2,1-2H3;7-10H,3-6H2,1-2H3;5*1-2H3. The van der Waals surface area contributed by atoms with Crippen molar-refractivity contribution < 1.29 is 39.7 Å². The summed E-state index contributed by atoms with van der Waals surface area (Å²) in [6.07, 6.45) is 16.5. The Hall–Kier alpha value is -0.320. The molecular formula is C62H130O8. The lowest BCUT2D eigenvalue weighted by molar-refractivity contribution is -0.0142. The Morgan fingerprint density at radius 1 is 0.371 bits per heavy atom. The predicted molar refractivity (Wildman–Crippen MR) is 303 cm³/mol. The van der Waals surface area contributed by atoms with Gasteiger partial charge in [0.1, 0.15) is 12.2 Å². The van der Waals surface area contributed by atoms with Crippen LogP contribution < -0.4 is 0 Å². The lowest BCUT2D eigenvalue weighted by atomic mass is 9.71. The number of hydrogen-bond donors (Lipinski definition) is 5. The van der Waals surface area contributed by atoms with Crippen molar-refractivity contribution in [3.05, 3.63) is 0 Å². The van der Waals surface area contributed by atoms with Crippen LogP contribution in [0, 0.1) is 76.9 Å². The van der Waals surface area contributed by atoms with E-state index >= 15 is 0 Å². The SMILES string of the molecule is CC.CC.CC.CC.CC.CC(C)C1CCC(C(C)(C)O)CC1.CC(C)C1CCCC(C(C)(C)O)C1.CC(C)C1CCCC(O)C1.CC(C)C1COC2C(O)CCC12.CC(C)C1COC2C(O)COC12. The summed E-state index contributed by atoms with van der Waals surface area (Å²) in [4.78, 5) is 0. The van der Waals surface area contributed by atoms with Gasteiger partial charge < -0.3 is 39.7 Å². The average molecular weight is 1000 g/mol. The van der Waals surface area contributed by atoms with E-state index in [0.717, 1.165) is 74.4 Å². The van der Waals surface area contributed by atoms with E-state index in [1.807, 2.05) is 96.9 Å². The number of ether oxygens (including phenoxy) is 3. The molecule has 8 heteroatoms. The third-order valence-corrected chi connectivity index (χ3v) is 16.4. The summed E-state index contributed by atoms with van der Waals surface area (Å²) in [5.74, 6) is 9.00. The van der Waals surface area contributed by atoms with Crippen molar-refractivity contribution in [1.29, 1.82) is 0 Å². The molecule has 0 amide bonds. The van der Waals surface area contributed by atoms with Crippen molar-refractivity contribution in [3.8, 4) is 0 Å². The van der Waals surface area contributed by atoms with Gasteiger partial charge in [-0.15, -0.1) is 0 Å². The van der Waals surface area contributed by atoms with Gasteiger partial charge in [0.05, 0.1) is 55.4 Å². The van der Waals surface area contributed by atoms with Gasteiger partial charge in [-0.2, -0.15) is 0 Å². The van der Waals surface area contributed by atoms with E-state index in [-0.39, 0.29) is 30.5 Å². The Morgan fingerprint density at radius 3 is 1.20 bits per heavy atom. The van der Waals surface area contributed by atoms with Gasteiger partial charge in [0.2, 0.25) is 0 Å². The molecule has 7 aliphatic rings. The molecule has 0 aromatic rings. The van der Waals surface area contributed by atoms with Crippen molar-refractivity contribution in [1.82, 2.24) is 0 Å². The Kier molecular flexibility index (Phi) is 42.2. The first-order valence-electron chi connectivity index (χ1n) is 30.3. The first-order chi connectivity index (χ1) is 32.9. The van der Waals surface area contributed by atoms with E-state index in [2.05, 4.69) is 69.2 Å². The first-order valence-corrected chi connectivity index (χ1v) is 30.3. The van der Waals surface area contributed by atoms with Gasteiger partial charge in [-0.1, -0.05) is 164 Å². The first kappa shape index (κ1) is 73.9. The zero-order chi connectivity index (χ0) is 55.1. The topological polar surface area (TPSA) is 129 Å². The highest BCUT2D eigenvalue weighted by molar-refractivity contribution is 4.96. The van der Waals surface area contributed by atoms with Crippen LogP contribution in [-0.2, 0) is 14.2 Å². The summed E-state index contributed by atoms with van der Waals surface area (Å²) in [5, 5.41) is 48.2. The molecule has 7 fully saturated rings. The maximum Gasteiger partial charge on any atom is 0.112 e. The molecule has 0 radical (unpaired) electrons. The molecule has 12 unspecified atom stereocenters. The van der Waals surface area contributed by atoms with Crippen molar-refractivity contribution in [3.63, 3.8) is 0 Å². The van der Waals surface area contributed by atoms with Gasteiger partial charge in [-0.3, -0.25) is 0 Å². The van der Waals surface area contributed by atoms with E-state index in [0.29, 0.717) is 48.0 Å². The molecule has 70 heavy (non-hydrogen) atoms. The van der Waals surface area contributed by atoms with Gasteiger partial charge in [0.15, 0.2) is 0 Å². The summed E-state index contributed by atoms with van der Waals surface area (Å²) in [6.45, 7) is 52.5. The van der Waals surface area contributed by atoms with Crippen molar-refractivity contribution in [2.45, 2.75) is 304 Å². The zero-order valence-electron chi connectivity index (χ0n) is 51.5. The predicted octanol–water partition coefficient (Wildman–Crippen LogP) is 15.6. The molecule has 3 heterocycles. The van der Waals surface area contributed by atoms with E-state index in [1.165, 1.54) is 64.2 Å². The lowest BCUT2D eigenvalue weighted by Crippen LogP contribution is -2.35. The Bertz CT molecular complexity index is 1110. The molecule has 7 rings (SSSR count). The van der Waals surface area contributed by atoms with Crippen LogP contribution in [0.4, 0.5) is 0 Å². The minimum absolute atomic E-state index is 0.00106. The third-order valence-electron chi connectivity index (χ3n) is 16.4. The molecule has 426 valence electrons. The van der Waals surface area contributed by atoms with Crippen LogP contribution in [0.2, 0.25) is 0 Å². The molecule has 5 N–H and O–H groups in total. The van der Waals surface area contributed by atoms with E-state index in [1.54, 1.807) is 0 Å². The van der Waals surface area contributed by atoms with Crippen LogP contribution in [0.5, 0.6) is 0 Å². The number of aliphatic hydroxyl groups is 5. The van der Waals surface area contributed by atoms with Crippen molar-refractivity contribution in [2.75, 3.05) is 19.8 Å². The fourth-order valence-electron chi connectivity index (χ4n) is 11.6. The molecule has 0 aromatic heterocycles. The molecule has 0 aromatic carbocycles. The highest BCUT2D eigenvalue weighted by Gasteiger charge is 2.48. The molecular weight excluding hydrogens is 873 g/mol. The van der Waals surface area contributed by atoms with Gasteiger partial charge in [-0.25, -0.2) is 0 Å². The molecule has 8 nitrogen and oxygen atoms in total. The maximum atomic E-state index is 9.94. The average Bonchev–Trinajstić information content (AvgIpc) is 4.15. The van der Waals surface area contributed by atoms with Crippen LogP contribution in [0.1, 0.15) is 256 Å². The van der Waals surface area contributed by atoms with Crippen molar-refractivity contribution >= 4 is 0 Å². The van der Waals surface area contributed by atoms with Gasteiger partial charge in [0.25, 0.3) is 0 Å². The van der Waals surface area contributed by atoms with Crippen LogP contribution in [0.15, 0.2) is 0 Å². The second-order valence-electron chi connectivity index (χ2n) is 23.4. The second-order valence-corrected chi connectivity index (χ2v) is 23.4. The summed E-state index contributed by atoms with van der Waals surface area (Å²) in [7, 11) is 0. The van der Waals surface area contributed by atoms with E-state index < -0.39 is 17.3 Å². The maximum absolute atomic E-state index is 9.94. The molecule has 3 aliphatic heterocycles. The molecule has 0 bridgehead atoms. The number of fused-ring (bicyclic) bond motifs is 2. The Balaban J connectivity index is -0.000000767. The van der Waals surface area contributed by atoms with E-state index in [9.17, 15) is 25.5 Å². The summed E-state index contributed by atoms with van der Waals surface area (Å²) in [6, 6.07) is 0. The van der Waals surface area contributed by atoms with Crippen LogP contribution in [0.3, 0.4) is 0 Å². The summed E-state index contributed by atoms with van der Waals surface area (Å²) >= 11 is 0. The lowest BCUT2D eigenvalue weighted by Gasteiger charge is -2.38. The van der Waals surface area contributed by atoms with Gasteiger partial charge in [-0.05, 0) is 163 Å². The van der Waals surface area contributed by atoms with Crippen LogP contribution in [0.25, 0.3) is 0 Å². The fraction of sp³-hybridized carbons (Fsp3) is 1.00. The number of hydrogen-bond acceptors (Lipinski definition) is 8. The molecule has 12 atom stereocenters. The highest BCUT2D eigenvalue weighted by atomic mass is 16.6. The quantitative estimate of drug-likeness (QED) is 0.171. The fourth-order valence-corrected chi connectivity index (χ4v) is 11.6. The van der Waals surface area contributed by atoms with Gasteiger partial charge >= 0.3 is 0 Å². The van der Waals surface area contributed by atoms with E-state index in [4.69, 9.17) is 14.2 Å². The minimum atomic E-state index is -0.465. The molecule has 0 spiro atoms. The van der Waals surface area contributed by atoms with Crippen LogP contribution >= 0.6 is 0 Å². The smallest absolute Gasteiger partial charge is 0.112 e. The zero-order valence-corrected chi connectivity index (χ0v) is 51.5. The molecule has 4 saturated carbocycles. The second kappa shape index (κ2) is 40.0.